The van der Waals surface area contributed by atoms with Crippen LogP contribution >= 0.6 is 0 Å². The van der Waals surface area contributed by atoms with E-state index in [0.717, 1.165) is 0 Å². The second-order valence-corrected chi connectivity index (χ2v) is 9.24. The lowest BCUT2D eigenvalue weighted by molar-refractivity contribution is 0.0706. The number of carbonyl (C=O) groups excluding carboxylic acids is 2. The molecule has 0 atom stereocenters. The first-order valence-electron chi connectivity index (χ1n) is 10.5. The number of sulfonamides is 1. The Hall–Kier alpha value is -4.47. The normalized spacial score (nSPS) is 10.9. The lowest BCUT2D eigenvalue weighted by Crippen LogP contribution is -2.18. The fourth-order valence-electron chi connectivity index (χ4n) is 3.41. The number of benzene rings is 4. The van der Waals surface area contributed by atoms with E-state index in [0.29, 0.717) is 22.4 Å². The van der Waals surface area contributed by atoms with Crippen molar-refractivity contribution in [3.8, 4) is 11.1 Å². The molecule has 9 heteroatoms. The molecule has 2 amide bonds. The molecule has 0 aliphatic rings. The van der Waals surface area contributed by atoms with E-state index in [2.05, 4.69) is 10.0 Å². The van der Waals surface area contributed by atoms with Crippen LogP contribution < -0.4 is 15.5 Å². The molecule has 0 aliphatic heterocycles. The largest absolute Gasteiger partial charge is 0.322 e. The van der Waals surface area contributed by atoms with Crippen LogP contribution in [0.15, 0.2) is 108 Å². The van der Waals surface area contributed by atoms with Gasteiger partial charge in [0, 0.05) is 16.8 Å². The summed E-state index contributed by atoms with van der Waals surface area (Å²) < 4.78 is 28.3. The van der Waals surface area contributed by atoms with Crippen molar-refractivity contribution in [1.29, 1.82) is 0 Å². The summed E-state index contributed by atoms with van der Waals surface area (Å²) in [6.45, 7) is 0. The minimum Gasteiger partial charge on any atom is -0.322 e. The lowest BCUT2D eigenvalue weighted by atomic mass is 10.0. The maximum Gasteiger partial charge on any atom is 0.274 e. The van der Waals surface area contributed by atoms with Gasteiger partial charge in [-0.15, -0.1) is 0 Å². The molecule has 0 saturated carbocycles. The maximum absolute atomic E-state index is 12.9. The first-order valence-corrected chi connectivity index (χ1v) is 12.0. The maximum atomic E-state index is 12.9. The summed E-state index contributed by atoms with van der Waals surface area (Å²) in [4.78, 5) is 24.4. The average molecular weight is 488 g/mol. The van der Waals surface area contributed by atoms with Crippen LogP contribution in [0.25, 0.3) is 11.1 Å². The molecule has 0 aromatic heterocycles. The van der Waals surface area contributed by atoms with E-state index in [1.54, 1.807) is 78.3 Å². The van der Waals surface area contributed by atoms with Crippen LogP contribution in [0.3, 0.4) is 0 Å². The Labute approximate surface area is 202 Å². The Balaban J connectivity index is 1.72. The Morgan fingerprint density at radius 2 is 1.20 bits per heavy atom. The molecule has 0 heterocycles. The fourth-order valence-corrected chi connectivity index (χ4v) is 4.47. The van der Waals surface area contributed by atoms with Crippen LogP contribution in [-0.2, 0) is 10.0 Å². The number of hydroxylamine groups is 1. The van der Waals surface area contributed by atoms with Crippen LogP contribution in [0.4, 0.5) is 11.4 Å². The zero-order valence-corrected chi connectivity index (χ0v) is 19.1. The summed E-state index contributed by atoms with van der Waals surface area (Å²) >= 11 is 0. The highest BCUT2D eigenvalue weighted by molar-refractivity contribution is 7.92. The summed E-state index contributed by atoms with van der Waals surface area (Å²) in [5.74, 6) is -1.01. The van der Waals surface area contributed by atoms with Gasteiger partial charge in [0.1, 0.15) is 0 Å². The van der Waals surface area contributed by atoms with E-state index in [-0.39, 0.29) is 22.1 Å². The Kier molecular flexibility index (Phi) is 6.91. The number of amides is 2. The zero-order chi connectivity index (χ0) is 24.8. The number of hydrogen-bond acceptors (Lipinski definition) is 5. The SMILES string of the molecule is O=C(NO)c1ccc(-c2cc(NC(=O)c3ccccc3)cc(NS(=O)(=O)c3ccccc3)c2)cc1. The van der Waals surface area contributed by atoms with Gasteiger partial charge in [0.25, 0.3) is 21.8 Å². The van der Waals surface area contributed by atoms with Gasteiger partial charge >= 0.3 is 0 Å². The minimum absolute atomic E-state index is 0.0969. The van der Waals surface area contributed by atoms with Crippen LogP contribution in [0, 0.1) is 0 Å². The second kappa shape index (κ2) is 10.2. The van der Waals surface area contributed by atoms with Crippen molar-refractivity contribution in [1.82, 2.24) is 5.48 Å². The minimum atomic E-state index is -3.87. The summed E-state index contributed by atoms with van der Waals surface area (Å²) in [6.07, 6.45) is 0. The zero-order valence-electron chi connectivity index (χ0n) is 18.3. The molecule has 0 aliphatic carbocycles. The summed E-state index contributed by atoms with van der Waals surface area (Å²) in [6, 6.07) is 27.7. The standard InChI is InChI=1S/C26H21N3O5S/c30-25(19-7-3-1-4-8-19)27-22-15-21(18-11-13-20(14-12-18)26(31)28-32)16-23(17-22)29-35(33,34)24-9-5-2-6-10-24/h1-17,29,32H,(H,27,30)(H,28,31). The molecule has 0 bridgehead atoms. The second-order valence-electron chi connectivity index (χ2n) is 7.56. The van der Waals surface area contributed by atoms with Crippen LogP contribution in [-0.4, -0.2) is 25.4 Å². The van der Waals surface area contributed by atoms with Gasteiger partial charge in [0.15, 0.2) is 0 Å². The van der Waals surface area contributed by atoms with Gasteiger partial charge < -0.3 is 5.32 Å². The van der Waals surface area contributed by atoms with E-state index < -0.39 is 15.9 Å². The van der Waals surface area contributed by atoms with Gasteiger partial charge in [-0.3, -0.25) is 19.5 Å². The first-order chi connectivity index (χ1) is 16.9. The molecule has 4 aromatic rings. The monoisotopic (exact) mass is 487 g/mol. The number of carbonyl (C=O) groups is 2. The molecule has 0 spiro atoms. The molecular formula is C26H21N3O5S. The van der Waals surface area contributed by atoms with Crippen molar-refractivity contribution >= 4 is 33.2 Å². The smallest absolute Gasteiger partial charge is 0.274 e. The number of hydrogen-bond donors (Lipinski definition) is 4. The lowest BCUT2D eigenvalue weighted by Gasteiger charge is -2.14. The van der Waals surface area contributed by atoms with Crippen molar-refractivity contribution in [2.24, 2.45) is 0 Å². The quantitative estimate of drug-likeness (QED) is 0.225. The number of anilines is 2. The van der Waals surface area contributed by atoms with Crippen molar-refractivity contribution in [2.45, 2.75) is 4.90 Å². The van der Waals surface area contributed by atoms with Crippen LogP contribution in [0.2, 0.25) is 0 Å². The van der Waals surface area contributed by atoms with Crippen molar-refractivity contribution in [3.63, 3.8) is 0 Å². The van der Waals surface area contributed by atoms with Gasteiger partial charge in [-0.1, -0.05) is 48.5 Å². The molecule has 4 rings (SSSR count). The summed E-state index contributed by atoms with van der Waals surface area (Å²) in [5, 5.41) is 11.6. The van der Waals surface area contributed by atoms with Crippen LogP contribution in [0.1, 0.15) is 20.7 Å². The van der Waals surface area contributed by atoms with Crippen molar-refractivity contribution in [2.75, 3.05) is 10.0 Å². The molecule has 4 aromatic carbocycles. The number of nitrogens with one attached hydrogen (secondary N) is 3. The fraction of sp³-hybridized carbons (Fsp3) is 0. The molecule has 0 unspecified atom stereocenters. The Morgan fingerprint density at radius 3 is 1.83 bits per heavy atom. The van der Waals surface area contributed by atoms with Crippen molar-refractivity contribution < 1.29 is 23.2 Å². The summed E-state index contributed by atoms with van der Waals surface area (Å²) in [7, 11) is -3.87. The molecule has 8 nitrogen and oxygen atoms in total. The van der Waals surface area contributed by atoms with Gasteiger partial charge in [-0.2, -0.15) is 0 Å². The third-order valence-electron chi connectivity index (χ3n) is 5.11. The van der Waals surface area contributed by atoms with Gasteiger partial charge in [0.2, 0.25) is 0 Å². The molecule has 35 heavy (non-hydrogen) atoms. The molecule has 176 valence electrons. The highest BCUT2D eigenvalue weighted by atomic mass is 32.2. The van der Waals surface area contributed by atoms with E-state index >= 15 is 0 Å². The number of rotatable bonds is 7. The van der Waals surface area contributed by atoms with E-state index in [1.165, 1.54) is 30.3 Å². The Morgan fingerprint density at radius 1 is 0.629 bits per heavy atom. The molecule has 0 radical (unpaired) electrons. The third-order valence-corrected chi connectivity index (χ3v) is 6.51. The van der Waals surface area contributed by atoms with Crippen molar-refractivity contribution in [3.05, 3.63) is 114 Å². The molecule has 4 N–H and O–H groups in total. The first kappa shape index (κ1) is 23.7. The topological polar surface area (TPSA) is 125 Å². The third kappa shape index (κ3) is 5.72. The van der Waals surface area contributed by atoms with Crippen LogP contribution in [0.5, 0.6) is 0 Å². The Bertz CT molecular complexity index is 1460. The highest BCUT2D eigenvalue weighted by Gasteiger charge is 2.16. The van der Waals surface area contributed by atoms with Gasteiger partial charge in [-0.25, -0.2) is 13.9 Å². The van der Waals surface area contributed by atoms with Gasteiger partial charge in [0.05, 0.1) is 10.6 Å². The van der Waals surface area contributed by atoms with E-state index in [9.17, 15) is 18.0 Å². The van der Waals surface area contributed by atoms with Gasteiger partial charge in [-0.05, 0) is 65.7 Å². The summed E-state index contributed by atoms with van der Waals surface area (Å²) in [5.41, 5.74) is 4.14. The predicted octanol–water partition coefficient (Wildman–Crippen LogP) is 4.53. The molecule has 0 saturated heterocycles. The highest BCUT2D eigenvalue weighted by Crippen LogP contribution is 2.29. The molecule has 0 fully saturated rings. The average Bonchev–Trinajstić information content (AvgIpc) is 2.89. The van der Waals surface area contributed by atoms with E-state index in [4.69, 9.17) is 5.21 Å². The molecular weight excluding hydrogens is 466 g/mol. The van der Waals surface area contributed by atoms with E-state index in [1.807, 2.05) is 0 Å². The predicted molar refractivity (Wildman–Crippen MR) is 133 cm³/mol.